The Morgan fingerprint density at radius 2 is 1.90 bits per heavy atom. The van der Waals surface area contributed by atoms with Crippen molar-refractivity contribution in [1.82, 2.24) is 10.2 Å². The van der Waals surface area contributed by atoms with Gasteiger partial charge in [0.2, 0.25) is 0 Å². The molecule has 0 radical (unpaired) electrons. The molecule has 0 aromatic heterocycles. The summed E-state index contributed by atoms with van der Waals surface area (Å²) in [5.41, 5.74) is 0.515. The number of hydrogen-bond acceptors (Lipinski definition) is 2. The lowest BCUT2D eigenvalue weighted by Gasteiger charge is -2.46. The number of rotatable bonds is 5. The zero-order chi connectivity index (χ0) is 14.8. The van der Waals surface area contributed by atoms with E-state index in [4.69, 9.17) is 0 Å². The Labute approximate surface area is 126 Å². The molecule has 20 heavy (non-hydrogen) atoms. The lowest BCUT2D eigenvalue weighted by molar-refractivity contribution is 0.0604. The Morgan fingerprint density at radius 3 is 2.45 bits per heavy atom. The zero-order valence-corrected chi connectivity index (χ0v) is 14.4. The summed E-state index contributed by atoms with van der Waals surface area (Å²) in [6, 6.07) is 1.51. The number of hydrogen-bond donors (Lipinski definition) is 1. The van der Waals surface area contributed by atoms with E-state index in [1.165, 1.54) is 45.2 Å². The first kappa shape index (κ1) is 16.3. The molecule has 4 unspecified atom stereocenters. The fraction of sp³-hybridized carbons (Fsp3) is 1.00. The van der Waals surface area contributed by atoms with E-state index >= 15 is 0 Å². The summed E-state index contributed by atoms with van der Waals surface area (Å²) in [6.07, 6.45) is 6.91. The highest BCUT2D eigenvalue weighted by atomic mass is 15.2. The molecule has 2 heteroatoms. The summed E-state index contributed by atoms with van der Waals surface area (Å²) >= 11 is 0. The van der Waals surface area contributed by atoms with E-state index in [0.29, 0.717) is 5.41 Å². The first-order chi connectivity index (χ1) is 9.47. The van der Waals surface area contributed by atoms with Gasteiger partial charge in [0.05, 0.1) is 0 Å². The molecule has 1 saturated heterocycles. The largest absolute Gasteiger partial charge is 0.313 e. The van der Waals surface area contributed by atoms with Crippen LogP contribution in [0.5, 0.6) is 0 Å². The van der Waals surface area contributed by atoms with E-state index in [-0.39, 0.29) is 0 Å². The molecule has 2 aliphatic rings. The van der Waals surface area contributed by atoms with Crippen molar-refractivity contribution < 1.29 is 0 Å². The van der Waals surface area contributed by atoms with Crippen LogP contribution < -0.4 is 5.32 Å². The molecule has 0 amide bonds. The smallest absolute Gasteiger partial charge is 0.0252 e. The second kappa shape index (κ2) is 6.79. The molecule has 2 nitrogen and oxygen atoms in total. The molecular formula is C18H36N2. The van der Waals surface area contributed by atoms with Crippen molar-refractivity contribution in [2.24, 2.45) is 17.3 Å². The maximum Gasteiger partial charge on any atom is 0.0252 e. The van der Waals surface area contributed by atoms with E-state index < -0.39 is 0 Å². The average Bonchev–Trinajstić information content (AvgIpc) is 2.86. The zero-order valence-electron chi connectivity index (χ0n) is 14.4. The van der Waals surface area contributed by atoms with Gasteiger partial charge >= 0.3 is 0 Å². The number of likely N-dealkylation sites (tertiary alicyclic amines) is 1. The van der Waals surface area contributed by atoms with Gasteiger partial charge in [0.1, 0.15) is 0 Å². The van der Waals surface area contributed by atoms with E-state index in [1.807, 2.05) is 0 Å². The molecule has 1 heterocycles. The maximum atomic E-state index is 3.77. The fourth-order valence-electron chi connectivity index (χ4n) is 4.32. The average molecular weight is 280 g/mol. The molecular weight excluding hydrogens is 244 g/mol. The molecule has 2 fully saturated rings. The van der Waals surface area contributed by atoms with Crippen LogP contribution in [-0.2, 0) is 0 Å². The Bertz CT molecular complexity index is 296. The van der Waals surface area contributed by atoms with Gasteiger partial charge in [0.25, 0.3) is 0 Å². The second-order valence-corrected chi connectivity index (χ2v) is 7.97. The maximum absolute atomic E-state index is 3.77. The molecule has 0 spiro atoms. The topological polar surface area (TPSA) is 15.3 Å². The Balaban J connectivity index is 2.05. The molecule has 118 valence electrons. The van der Waals surface area contributed by atoms with Crippen LogP contribution in [0.4, 0.5) is 0 Å². The quantitative estimate of drug-likeness (QED) is 0.821. The predicted octanol–water partition coefficient (Wildman–Crippen LogP) is 3.91. The molecule has 0 aromatic rings. The normalized spacial score (nSPS) is 36.5. The van der Waals surface area contributed by atoms with Gasteiger partial charge < -0.3 is 5.32 Å². The summed E-state index contributed by atoms with van der Waals surface area (Å²) in [5.74, 6) is 1.81. The fourth-order valence-corrected chi connectivity index (χ4v) is 4.32. The van der Waals surface area contributed by atoms with Crippen LogP contribution in [0.15, 0.2) is 0 Å². The third kappa shape index (κ3) is 3.57. The van der Waals surface area contributed by atoms with Gasteiger partial charge in [-0.3, -0.25) is 4.90 Å². The van der Waals surface area contributed by atoms with Crippen molar-refractivity contribution in [2.45, 2.75) is 78.8 Å². The van der Waals surface area contributed by atoms with Gasteiger partial charge in [-0.05, 0) is 56.0 Å². The molecule has 2 rings (SSSR count). The van der Waals surface area contributed by atoms with E-state index in [2.05, 4.69) is 44.8 Å². The van der Waals surface area contributed by atoms with Gasteiger partial charge in [0, 0.05) is 18.6 Å². The van der Waals surface area contributed by atoms with E-state index in [0.717, 1.165) is 30.5 Å². The summed E-state index contributed by atoms with van der Waals surface area (Å²) in [5, 5.41) is 3.77. The molecule has 0 aromatic carbocycles. The van der Waals surface area contributed by atoms with Gasteiger partial charge in [-0.15, -0.1) is 0 Å². The summed E-state index contributed by atoms with van der Waals surface area (Å²) in [4.78, 5) is 2.80. The highest BCUT2D eigenvalue weighted by molar-refractivity contribution is 4.96. The highest BCUT2D eigenvalue weighted by Crippen LogP contribution is 2.42. The molecule has 1 saturated carbocycles. The van der Waals surface area contributed by atoms with Gasteiger partial charge in [-0.2, -0.15) is 0 Å². The van der Waals surface area contributed by atoms with Crippen LogP contribution in [0.25, 0.3) is 0 Å². The summed E-state index contributed by atoms with van der Waals surface area (Å²) in [6.45, 7) is 15.8. The van der Waals surface area contributed by atoms with Crippen molar-refractivity contribution in [2.75, 3.05) is 19.6 Å². The van der Waals surface area contributed by atoms with Crippen molar-refractivity contribution in [3.8, 4) is 0 Å². The van der Waals surface area contributed by atoms with Crippen LogP contribution in [0.1, 0.15) is 66.7 Å². The minimum atomic E-state index is 0.515. The lowest BCUT2D eigenvalue weighted by Crippen LogP contribution is -2.54. The number of nitrogens with zero attached hydrogens (tertiary/aromatic N) is 1. The summed E-state index contributed by atoms with van der Waals surface area (Å²) in [7, 11) is 0. The van der Waals surface area contributed by atoms with E-state index in [1.54, 1.807) is 0 Å². The SMILES string of the molecule is CCNC1CCC(C(C)(C)CC)CC1N1CCC(C)C1. The monoisotopic (exact) mass is 280 g/mol. The van der Waals surface area contributed by atoms with Crippen LogP contribution in [0.3, 0.4) is 0 Å². The minimum absolute atomic E-state index is 0.515. The molecule has 1 N–H and O–H groups in total. The standard InChI is InChI=1S/C18H36N2/c1-6-18(4,5)15-8-9-16(19-7-2)17(12-15)20-11-10-14(3)13-20/h14-17,19H,6-13H2,1-5H3. The van der Waals surface area contributed by atoms with Gasteiger partial charge in [-0.1, -0.05) is 41.0 Å². The predicted molar refractivity (Wildman–Crippen MR) is 88.0 cm³/mol. The van der Waals surface area contributed by atoms with Crippen LogP contribution >= 0.6 is 0 Å². The number of likely N-dealkylation sites (N-methyl/N-ethyl adjacent to an activating group) is 1. The molecule has 0 bridgehead atoms. The van der Waals surface area contributed by atoms with Crippen molar-refractivity contribution in [3.63, 3.8) is 0 Å². The van der Waals surface area contributed by atoms with Crippen LogP contribution in [-0.4, -0.2) is 36.6 Å². The first-order valence-electron chi connectivity index (χ1n) is 8.95. The summed E-state index contributed by atoms with van der Waals surface area (Å²) < 4.78 is 0. The Kier molecular flexibility index (Phi) is 5.53. The highest BCUT2D eigenvalue weighted by Gasteiger charge is 2.40. The van der Waals surface area contributed by atoms with Crippen molar-refractivity contribution in [3.05, 3.63) is 0 Å². The van der Waals surface area contributed by atoms with Gasteiger partial charge in [0.15, 0.2) is 0 Å². The van der Waals surface area contributed by atoms with Crippen molar-refractivity contribution >= 4 is 0 Å². The van der Waals surface area contributed by atoms with E-state index in [9.17, 15) is 0 Å². The minimum Gasteiger partial charge on any atom is -0.313 e. The second-order valence-electron chi connectivity index (χ2n) is 7.97. The Hall–Kier alpha value is -0.0800. The molecule has 4 atom stereocenters. The third-order valence-corrected chi connectivity index (χ3v) is 6.22. The molecule has 1 aliphatic heterocycles. The lowest BCUT2D eigenvalue weighted by atomic mass is 9.67. The third-order valence-electron chi connectivity index (χ3n) is 6.22. The van der Waals surface area contributed by atoms with Crippen molar-refractivity contribution in [1.29, 1.82) is 0 Å². The molecule has 1 aliphatic carbocycles. The van der Waals surface area contributed by atoms with Crippen LogP contribution in [0.2, 0.25) is 0 Å². The van der Waals surface area contributed by atoms with Crippen LogP contribution in [0, 0.1) is 17.3 Å². The first-order valence-corrected chi connectivity index (χ1v) is 8.95. The Morgan fingerprint density at radius 1 is 1.15 bits per heavy atom. The van der Waals surface area contributed by atoms with Gasteiger partial charge in [-0.25, -0.2) is 0 Å². The number of nitrogens with one attached hydrogen (secondary N) is 1.